The van der Waals surface area contributed by atoms with Gasteiger partial charge >= 0.3 is 0 Å². The van der Waals surface area contributed by atoms with E-state index in [1.54, 1.807) is 0 Å². The zero-order valence-electron chi connectivity index (χ0n) is 7.38. The van der Waals surface area contributed by atoms with E-state index in [2.05, 4.69) is 5.32 Å². The van der Waals surface area contributed by atoms with E-state index in [9.17, 15) is 5.11 Å². The molecule has 70 valence electrons. The molecule has 2 aliphatic heterocycles. The minimum atomic E-state index is 0.148. The Morgan fingerprint density at radius 3 is 2.75 bits per heavy atom. The summed E-state index contributed by atoms with van der Waals surface area (Å²) in [5, 5.41) is 12.4. The molecule has 1 unspecified atom stereocenters. The summed E-state index contributed by atoms with van der Waals surface area (Å²) in [6, 6.07) is 0. The molecular formula is C9H17NO2. The number of nitrogens with one attached hydrogen (secondary N) is 1. The highest BCUT2D eigenvalue weighted by molar-refractivity contribution is 4.94. The molecule has 0 spiro atoms. The molecule has 0 radical (unpaired) electrons. The van der Waals surface area contributed by atoms with E-state index in [-0.39, 0.29) is 5.41 Å². The van der Waals surface area contributed by atoms with Gasteiger partial charge < -0.3 is 15.2 Å². The molecule has 3 heteroatoms. The summed E-state index contributed by atoms with van der Waals surface area (Å²) in [6.07, 6.45) is 3.83. The molecule has 0 aromatic carbocycles. The van der Waals surface area contributed by atoms with Crippen LogP contribution >= 0.6 is 0 Å². The first-order valence-electron chi connectivity index (χ1n) is 4.78. The van der Waals surface area contributed by atoms with Gasteiger partial charge in [-0.3, -0.25) is 0 Å². The van der Waals surface area contributed by atoms with E-state index in [0.717, 1.165) is 26.1 Å². The molecule has 1 atom stereocenters. The SMILES string of the molecule is OCC1(CC2CCCO2)CNC1. The lowest BCUT2D eigenvalue weighted by Gasteiger charge is -2.42. The van der Waals surface area contributed by atoms with Crippen LogP contribution < -0.4 is 5.32 Å². The highest BCUT2D eigenvalue weighted by Crippen LogP contribution is 2.32. The smallest absolute Gasteiger partial charge is 0.0583 e. The van der Waals surface area contributed by atoms with Crippen molar-refractivity contribution in [2.24, 2.45) is 5.41 Å². The van der Waals surface area contributed by atoms with Gasteiger partial charge in [0.15, 0.2) is 0 Å². The molecule has 2 saturated heterocycles. The Labute approximate surface area is 73.1 Å². The van der Waals surface area contributed by atoms with Gasteiger partial charge in [0, 0.05) is 25.1 Å². The first-order chi connectivity index (χ1) is 5.85. The first-order valence-corrected chi connectivity index (χ1v) is 4.78. The van der Waals surface area contributed by atoms with Crippen LogP contribution in [0.4, 0.5) is 0 Å². The Kier molecular flexibility index (Phi) is 2.35. The summed E-state index contributed by atoms with van der Waals surface area (Å²) < 4.78 is 5.55. The lowest BCUT2D eigenvalue weighted by molar-refractivity contribution is 0.000436. The molecule has 2 N–H and O–H groups in total. The van der Waals surface area contributed by atoms with Crippen molar-refractivity contribution in [3.8, 4) is 0 Å². The number of ether oxygens (including phenoxy) is 1. The van der Waals surface area contributed by atoms with Crippen molar-refractivity contribution in [3.05, 3.63) is 0 Å². The topological polar surface area (TPSA) is 41.5 Å². The van der Waals surface area contributed by atoms with Crippen molar-refractivity contribution in [3.63, 3.8) is 0 Å². The monoisotopic (exact) mass is 171 g/mol. The van der Waals surface area contributed by atoms with E-state index in [1.165, 1.54) is 12.8 Å². The maximum atomic E-state index is 9.20. The summed E-state index contributed by atoms with van der Waals surface area (Å²) in [6.45, 7) is 3.15. The molecule has 0 aromatic rings. The second-order valence-electron chi connectivity index (χ2n) is 4.10. The summed E-state index contributed by atoms with van der Waals surface area (Å²) in [5.41, 5.74) is 0.148. The predicted molar refractivity (Wildman–Crippen MR) is 46.0 cm³/mol. The average molecular weight is 171 g/mol. The Hall–Kier alpha value is -0.120. The Morgan fingerprint density at radius 1 is 1.50 bits per heavy atom. The molecular weight excluding hydrogens is 154 g/mol. The molecule has 12 heavy (non-hydrogen) atoms. The molecule has 0 aliphatic carbocycles. The zero-order chi connectivity index (χ0) is 8.44. The fourth-order valence-corrected chi connectivity index (χ4v) is 2.09. The standard InChI is InChI=1S/C9H17NO2/c11-7-9(5-10-6-9)4-8-2-1-3-12-8/h8,10-11H,1-7H2. The molecule has 2 heterocycles. The van der Waals surface area contributed by atoms with Gasteiger partial charge in [0.2, 0.25) is 0 Å². The van der Waals surface area contributed by atoms with Crippen LogP contribution in [0.2, 0.25) is 0 Å². The molecule has 2 rings (SSSR count). The summed E-state index contributed by atoms with van der Waals surface area (Å²) in [4.78, 5) is 0. The third kappa shape index (κ3) is 1.49. The van der Waals surface area contributed by atoms with Crippen LogP contribution in [0.3, 0.4) is 0 Å². The van der Waals surface area contributed by atoms with Crippen LogP contribution in [0.1, 0.15) is 19.3 Å². The minimum Gasteiger partial charge on any atom is -0.396 e. The molecule has 0 saturated carbocycles. The number of aliphatic hydroxyl groups is 1. The van der Waals surface area contributed by atoms with Crippen molar-refractivity contribution < 1.29 is 9.84 Å². The van der Waals surface area contributed by atoms with E-state index in [4.69, 9.17) is 4.74 Å². The van der Waals surface area contributed by atoms with Gasteiger partial charge in [-0.25, -0.2) is 0 Å². The number of hydrogen-bond acceptors (Lipinski definition) is 3. The second kappa shape index (κ2) is 3.32. The van der Waals surface area contributed by atoms with Crippen LogP contribution in [0.25, 0.3) is 0 Å². The van der Waals surface area contributed by atoms with Gasteiger partial charge in [-0.05, 0) is 19.3 Å². The second-order valence-corrected chi connectivity index (χ2v) is 4.10. The minimum absolute atomic E-state index is 0.148. The highest BCUT2D eigenvalue weighted by atomic mass is 16.5. The third-order valence-corrected chi connectivity index (χ3v) is 3.02. The van der Waals surface area contributed by atoms with Crippen molar-refractivity contribution in [1.29, 1.82) is 0 Å². The van der Waals surface area contributed by atoms with Crippen molar-refractivity contribution in [2.45, 2.75) is 25.4 Å². The van der Waals surface area contributed by atoms with E-state index < -0.39 is 0 Å². The van der Waals surface area contributed by atoms with E-state index in [1.807, 2.05) is 0 Å². The van der Waals surface area contributed by atoms with Crippen LogP contribution in [-0.4, -0.2) is 37.5 Å². The molecule has 3 nitrogen and oxygen atoms in total. The number of rotatable bonds is 3. The van der Waals surface area contributed by atoms with Crippen molar-refractivity contribution >= 4 is 0 Å². The Bertz CT molecular complexity index is 145. The highest BCUT2D eigenvalue weighted by Gasteiger charge is 2.39. The van der Waals surface area contributed by atoms with Gasteiger partial charge in [0.05, 0.1) is 12.7 Å². The maximum absolute atomic E-state index is 9.20. The molecule has 0 aromatic heterocycles. The van der Waals surface area contributed by atoms with E-state index in [0.29, 0.717) is 12.7 Å². The fourth-order valence-electron chi connectivity index (χ4n) is 2.09. The summed E-state index contributed by atoms with van der Waals surface area (Å²) in [7, 11) is 0. The third-order valence-electron chi connectivity index (χ3n) is 3.02. The summed E-state index contributed by atoms with van der Waals surface area (Å²) in [5.74, 6) is 0. The van der Waals surface area contributed by atoms with E-state index >= 15 is 0 Å². The fraction of sp³-hybridized carbons (Fsp3) is 1.00. The molecule has 2 fully saturated rings. The van der Waals surface area contributed by atoms with Gasteiger partial charge in [0.25, 0.3) is 0 Å². The molecule has 0 amide bonds. The van der Waals surface area contributed by atoms with Crippen molar-refractivity contribution in [2.75, 3.05) is 26.3 Å². The Morgan fingerprint density at radius 2 is 2.33 bits per heavy atom. The molecule has 2 aliphatic rings. The van der Waals surface area contributed by atoms with Crippen LogP contribution in [0.5, 0.6) is 0 Å². The number of aliphatic hydroxyl groups excluding tert-OH is 1. The lowest BCUT2D eigenvalue weighted by Crippen LogP contribution is -2.56. The van der Waals surface area contributed by atoms with Crippen LogP contribution in [0, 0.1) is 5.41 Å². The van der Waals surface area contributed by atoms with Gasteiger partial charge in [-0.15, -0.1) is 0 Å². The Balaban J connectivity index is 1.83. The normalized spacial score (nSPS) is 33.2. The van der Waals surface area contributed by atoms with Gasteiger partial charge in [-0.1, -0.05) is 0 Å². The van der Waals surface area contributed by atoms with Crippen molar-refractivity contribution in [1.82, 2.24) is 5.32 Å². The van der Waals surface area contributed by atoms with Crippen LogP contribution in [0.15, 0.2) is 0 Å². The average Bonchev–Trinajstić information content (AvgIpc) is 2.49. The lowest BCUT2D eigenvalue weighted by atomic mass is 9.77. The van der Waals surface area contributed by atoms with Gasteiger partial charge in [-0.2, -0.15) is 0 Å². The largest absolute Gasteiger partial charge is 0.396 e. The predicted octanol–water partition coefficient (Wildman–Crippen LogP) is 0.137. The quantitative estimate of drug-likeness (QED) is 0.634. The first kappa shape index (κ1) is 8.48. The summed E-state index contributed by atoms with van der Waals surface area (Å²) >= 11 is 0. The molecule has 0 bridgehead atoms. The van der Waals surface area contributed by atoms with Gasteiger partial charge in [0.1, 0.15) is 0 Å². The maximum Gasteiger partial charge on any atom is 0.0583 e. The zero-order valence-corrected chi connectivity index (χ0v) is 7.38. The van der Waals surface area contributed by atoms with Crippen LogP contribution in [-0.2, 0) is 4.74 Å². The number of hydrogen-bond donors (Lipinski definition) is 2.